The van der Waals surface area contributed by atoms with Crippen LogP contribution in [-0.2, 0) is 4.79 Å². The molecular formula is C16H16N4O. The lowest BCUT2D eigenvalue weighted by Gasteiger charge is -2.13. The Morgan fingerprint density at radius 3 is 2.62 bits per heavy atom. The van der Waals surface area contributed by atoms with E-state index in [1.807, 2.05) is 62.4 Å². The summed E-state index contributed by atoms with van der Waals surface area (Å²) in [7, 11) is 0. The Hall–Kier alpha value is -2.69. The fraction of sp³-hybridized carbons (Fsp3) is 0.188. The molecule has 0 fully saturated rings. The Bertz CT molecular complexity index is 776. The number of benzene rings is 2. The highest BCUT2D eigenvalue weighted by Crippen LogP contribution is 2.17. The molecule has 0 saturated heterocycles. The lowest BCUT2D eigenvalue weighted by Crippen LogP contribution is -2.24. The smallest absolute Gasteiger partial charge is 0.249 e. The van der Waals surface area contributed by atoms with Crippen molar-refractivity contribution in [1.82, 2.24) is 15.0 Å². The van der Waals surface area contributed by atoms with E-state index >= 15 is 0 Å². The largest absolute Gasteiger partial charge is 0.324 e. The molecule has 5 heteroatoms. The molecule has 0 saturated carbocycles. The summed E-state index contributed by atoms with van der Waals surface area (Å²) in [6.07, 6.45) is 0. The normalized spacial score (nSPS) is 12.3. The van der Waals surface area contributed by atoms with Crippen LogP contribution < -0.4 is 5.32 Å². The Kier molecular flexibility index (Phi) is 3.39. The number of aromatic nitrogens is 3. The minimum Gasteiger partial charge on any atom is -0.324 e. The minimum atomic E-state index is -0.432. The molecule has 3 rings (SSSR count). The monoisotopic (exact) mass is 280 g/mol. The van der Waals surface area contributed by atoms with Crippen molar-refractivity contribution in [2.24, 2.45) is 0 Å². The van der Waals surface area contributed by atoms with Gasteiger partial charge in [0.05, 0.1) is 5.52 Å². The standard InChI is InChI=1S/C16H16N4O/c1-11-7-9-13(10-8-11)17-16(21)12(2)20-15-6-4-3-5-14(15)18-19-20/h3-10,12H,1-2H3,(H,17,21)/t12-/m1/s1. The van der Waals surface area contributed by atoms with Gasteiger partial charge in [-0.3, -0.25) is 4.79 Å². The van der Waals surface area contributed by atoms with Crippen molar-refractivity contribution in [2.45, 2.75) is 19.9 Å². The third kappa shape index (κ3) is 2.63. The van der Waals surface area contributed by atoms with Gasteiger partial charge in [-0.05, 0) is 38.1 Å². The van der Waals surface area contributed by atoms with Gasteiger partial charge in [-0.15, -0.1) is 5.10 Å². The number of hydrogen-bond acceptors (Lipinski definition) is 3. The van der Waals surface area contributed by atoms with E-state index < -0.39 is 6.04 Å². The minimum absolute atomic E-state index is 0.116. The molecule has 5 nitrogen and oxygen atoms in total. The lowest BCUT2D eigenvalue weighted by atomic mass is 10.2. The molecule has 0 unspecified atom stereocenters. The molecule has 0 aliphatic heterocycles. The number of aryl methyl sites for hydroxylation is 1. The number of fused-ring (bicyclic) bond motifs is 1. The second-order valence-electron chi connectivity index (χ2n) is 5.05. The van der Waals surface area contributed by atoms with Gasteiger partial charge in [0.15, 0.2) is 0 Å². The van der Waals surface area contributed by atoms with Gasteiger partial charge in [0.2, 0.25) is 5.91 Å². The molecule has 106 valence electrons. The maximum absolute atomic E-state index is 12.3. The summed E-state index contributed by atoms with van der Waals surface area (Å²) in [5, 5.41) is 11.0. The molecule has 0 radical (unpaired) electrons. The molecule has 3 aromatic rings. The predicted molar refractivity (Wildman–Crippen MR) is 82.0 cm³/mol. The average Bonchev–Trinajstić information content (AvgIpc) is 2.92. The first-order valence-electron chi connectivity index (χ1n) is 6.82. The lowest BCUT2D eigenvalue weighted by molar-refractivity contribution is -0.119. The van der Waals surface area contributed by atoms with Gasteiger partial charge >= 0.3 is 0 Å². The summed E-state index contributed by atoms with van der Waals surface area (Å²) >= 11 is 0. The Morgan fingerprint density at radius 2 is 1.86 bits per heavy atom. The second-order valence-corrected chi connectivity index (χ2v) is 5.05. The molecule has 0 aliphatic rings. The van der Waals surface area contributed by atoms with Gasteiger partial charge in [0, 0.05) is 5.69 Å². The van der Waals surface area contributed by atoms with Crippen LogP contribution in [0.5, 0.6) is 0 Å². The molecule has 2 aromatic carbocycles. The number of nitrogens with zero attached hydrogens (tertiary/aromatic N) is 3. The number of anilines is 1. The van der Waals surface area contributed by atoms with Crippen LogP contribution in [0.25, 0.3) is 11.0 Å². The van der Waals surface area contributed by atoms with E-state index in [0.29, 0.717) is 0 Å². The van der Waals surface area contributed by atoms with Crippen LogP contribution in [0.15, 0.2) is 48.5 Å². The van der Waals surface area contributed by atoms with Gasteiger partial charge in [-0.1, -0.05) is 35.0 Å². The second kappa shape index (κ2) is 5.36. The van der Waals surface area contributed by atoms with Crippen molar-refractivity contribution in [3.63, 3.8) is 0 Å². The Balaban J connectivity index is 1.82. The third-order valence-corrected chi connectivity index (χ3v) is 3.44. The highest BCUT2D eigenvalue weighted by atomic mass is 16.2. The average molecular weight is 280 g/mol. The highest BCUT2D eigenvalue weighted by Gasteiger charge is 2.18. The summed E-state index contributed by atoms with van der Waals surface area (Å²) in [5.41, 5.74) is 3.57. The molecule has 1 N–H and O–H groups in total. The van der Waals surface area contributed by atoms with Crippen molar-refractivity contribution in [2.75, 3.05) is 5.32 Å². The van der Waals surface area contributed by atoms with Crippen molar-refractivity contribution in [3.05, 3.63) is 54.1 Å². The molecule has 0 aliphatic carbocycles. The first-order chi connectivity index (χ1) is 10.1. The van der Waals surface area contributed by atoms with Crippen LogP contribution in [0, 0.1) is 6.92 Å². The summed E-state index contributed by atoms with van der Waals surface area (Å²) in [4.78, 5) is 12.3. The topological polar surface area (TPSA) is 59.8 Å². The van der Waals surface area contributed by atoms with E-state index in [2.05, 4.69) is 15.6 Å². The maximum Gasteiger partial charge on any atom is 0.249 e. The number of carbonyl (C=O) groups excluding carboxylic acids is 1. The van der Waals surface area contributed by atoms with Gasteiger partial charge in [0.1, 0.15) is 11.6 Å². The zero-order valence-corrected chi connectivity index (χ0v) is 11.9. The van der Waals surface area contributed by atoms with Gasteiger partial charge in [-0.2, -0.15) is 0 Å². The third-order valence-electron chi connectivity index (χ3n) is 3.44. The summed E-state index contributed by atoms with van der Waals surface area (Å²) in [6, 6.07) is 14.9. The fourth-order valence-electron chi connectivity index (χ4n) is 2.17. The van der Waals surface area contributed by atoms with Crippen LogP contribution in [0.2, 0.25) is 0 Å². The van der Waals surface area contributed by atoms with Crippen molar-refractivity contribution < 1.29 is 4.79 Å². The number of amides is 1. The SMILES string of the molecule is Cc1ccc(NC(=O)[C@@H](C)n2nnc3ccccc32)cc1. The van der Waals surface area contributed by atoms with E-state index in [1.165, 1.54) is 0 Å². The van der Waals surface area contributed by atoms with Crippen molar-refractivity contribution in [1.29, 1.82) is 0 Å². The zero-order valence-electron chi connectivity index (χ0n) is 11.9. The Labute approximate surface area is 122 Å². The first kappa shape index (κ1) is 13.3. The molecule has 1 heterocycles. The Morgan fingerprint density at radius 1 is 1.14 bits per heavy atom. The van der Waals surface area contributed by atoms with Crippen molar-refractivity contribution >= 4 is 22.6 Å². The zero-order chi connectivity index (χ0) is 14.8. The van der Waals surface area contributed by atoms with E-state index in [9.17, 15) is 4.79 Å². The number of para-hydroxylation sites is 1. The molecule has 1 atom stereocenters. The quantitative estimate of drug-likeness (QED) is 0.802. The molecule has 1 aromatic heterocycles. The predicted octanol–water partition coefficient (Wildman–Crippen LogP) is 2.94. The summed E-state index contributed by atoms with van der Waals surface area (Å²) < 4.78 is 1.64. The molecule has 0 bridgehead atoms. The number of carbonyl (C=O) groups is 1. The number of hydrogen-bond donors (Lipinski definition) is 1. The maximum atomic E-state index is 12.3. The van der Waals surface area contributed by atoms with Crippen LogP contribution in [0.3, 0.4) is 0 Å². The summed E-state index contributed by atoms with van der Waals surface area (Å²) in [6.45, 7) is 3.82. The van der Waals surface area contributed by atoms with Crippen LogP contribution >= 0.6 is 0 Å². The molecule has 1 amide bonds. The fourth-order valence-corrected chi connectivity index (χ4v) is 2.17. The van der Waals surface area contributed by atoms with E-state index in [4.69, 9.17) is 0 Å². The molecule has 0 spiro atoms. The van der Waals surface area contributed by atoms with Crippen LogP contribution in [0.4, 0.5) is 5.69 Å². The number of rotatable bonds is 3. The van der Waals surface area contributed by atoms with Gasteiger partial charge in [0.25, 0.3) is 0 Å². The highest BCUT2D eigenvalue weighted by molar-refractivity contribution is 5.94. The van der Waals surface area contributed by atoms with E-state index in [0.717, 1.165) is 22.3 Å². The summed E-state index contributed by atoms with van der Waals surface area (Å²) in [5.74, 6) is -0.116. The molecule has 21 heavy (non-hydrogen) atoms. The van der Waals surface area contributed by atoms with Crippen molar-refractivity contribution in [3.8, 4) is 0 Å². The van der Waals surface area contributed by atoms with Crippen LogP contribution in [0.1, 0.15) is 18.5 Å². The van der Waals surface area contributed by atoms with E-state index in [-0.39, 0.29) is 5.91 Å². The number of nitrogens with one attached hydrogen (secondary N) is 1. The first-order valence-corrected chi connectivity index (χ1v) is 6.82. The van der Waals surface area contributed by atoms with Gasteiger partial charge < -0.3 is 5.32 Å². The molecular weight excluding hydrogens is 264 g/mol. The van der Waals surface area contributed by atoms with Crippen LogP contribution in [-0.4, -0.2) is 20.9 Å². The van der Waals surface area contributed by atoms with E-state index in [1.54, 1.807) is 4.68 Å². The van der Waals surface area contributed by atoms with Gasteiger partial charge in [-0.25, -0.2) is 4.68 Å².